The largest absolute Gasteiger partial charge is 0.479 e. The molecule has 3 N–H and O–H groups in total. The maximum absolute atomic E-state index is 11.7. The highest BCUT2D eigenvalue weighted by Crippen LogP contribution is 2.05. The number of aliphatic hydroxyl groups is 1. The normalized spacial score (nSPS) is 13.8. The summed E-state index contributed by atoms with van der Waals surface area (Å²) in [6, 6.07) is 6.90. The number of benzene rings is 1. The van der Waals surface area contributed by atoms with E-state index in [1.807, 2.05) is 13.0 Å². The van der Waals surface area contributed by atoms with Gasteiger partial charge >= 0.3 is 5.97 Å². The summed E-state index contributed by atoms with van der Waals surface area (Å²) in [5.41, 5.74) is -0.590. The van der Waals surface area contributed by atoms with Crippen molar-refractivity contribution in [2.24, 2.45) is 0 Å². The molecule has 17 heavy (non-hydrogen) atoms. The van der Waals surface area contributed by atoms with Gasteiger partial charge in [-0.15, -0.1) is 0 Å². The third-order valence-corrected chi connectivity index (χ3v) is 2.33. The standard InChI is InChI=1S/C12H15NO4/c1-8-4-3-5-9(6-8)10(14)13-7-12(2,17)11(15)16/h3-6,17H,7H2,1-2H3,(H,13,14)(H,15,16). The number of hydrogen-bond donors (Lipinski definition) is 3. The highest BCUT2D eigenvalue weighted by molar-refractivity contribution is 5.94. The molecule has 1 unspecified atom stereocenters. The Morgan fingerprint density at radius 1 is 1.41 bits per heavy atom. The lowest BCUT2D eigenvalue weighted by molar-refractivity contribution is -0.155. The molecule has 0 aliphatic carbocycles. The van der Waals surface area contributed by atoms with Crippen molar-refractivity contribution in [2.45, 2.75) is 19.4 Å². The molecule has 0 heterocycles. The monoisotopic (exact) mass is 237 g/mol. The molecule has 1 rings (SSSR count). The molecule has 0 fully saturated rings. The number of carbonyl (C=O) groups is 2. The predicted molar refractivity (Wildman–Crippen MR) is 61.8 cm³/mol. The van der Waals surface area contributed by atoms with Gasteiger partial charge in [0.25, 0.3) is 5.91 Å². The number of aliphatic carboxylic acids is 1. The van der Waals surface area contributed by atoms with Crippen molar-refractivity contribution in [3.05, 3.63) is 35.4 Å². The van der Waals surface area contributed by atoms with E-state index < -0.39 is 17.5 Å². The fraction of sp³-hybridized carbons (Fsp3) is 0.333. The number of carbonyl (C=O) groups excluding carboxylic acids is 1. The summed E-state index contributed by atoms with van der Waals surface area (Å²) in [5.74, 6) is -1.78. The van der Waals surface area contributed by atoms with Crippen LogP contribution in [0.1, 0.15) is 22.8 Å². The minimum Gasteiger partial charge on any atom is -0.479 e. The minimum absolute atomic E-state index is 0.338. The van der Waals surface area contributed by atoms with E-state index in [1.54, 1.807) is 18.2 Å². The van der Waals surface area contributed by atoms with Crippen LogP contribution in [-0.2, 0) is 4.79 Å². The Kier molecular flexibility index (Phi) is 3.85. The van der Waals surface area contributed by atoms with Crippen molar-refractivity contribution in [3.63, 3.8) is 0 Å². The van der Waals surface area contributed by atoms with Crippen LogP contribution in [0.3, 0.4) is 0 Å². The topological polar surface area (TPSA) is 86.6 Å². The van der Waals surface area contributed by atoms with Crippen molar-refractivity contribution in [2.75, 3.05) is 6.54 Å². The Morgan fingerprint density at radius 2 is 2.06 bits per heavy atom. The average molecular weight is 237 g/mol. The van der Waals surface area contributed by atoms with Crippen molar-refractivity contribution in [1.82, 2.24) is 5.32 Å². The Hall–Kier alpha value is -1.88. The van der Waals surface area contributed by atoms with Gasteiger partial charge in [0.1, 0.15) is 0 Å². The van der Waals surface area contributed by atoms with Gasteiger partial charge in [-0.25, -0.2) is 4.79 Å². The van der Waals surface area contributed by atoms with Crippen molar-refractivity contribution < 1.29 is 19.8 Å². The molecule has 0 aliphatic heterocycles. The van der Waals surface area contributed by atoms with Crippen LogP contribution in [0.15, 0.2) is 24.3 Å². The molecule has 0 spiro atoms. The van der Waals surface area contributed by atoms with Gasteiger partial charge in [0.2, 0.25) is 0 Å². The van der Waals surface area contributed by atoms with E-state index in [0.29, 0.717) is 5.56 Å². The van der Waals surface area contributed by atoms with E-state index in [1.165, 1.54) is 0 Å². The van der Waals surface area contributed by atoms with Gasteiger partial charge in [-0.2, -0.15) is 0 Å². The van der Waals surface area contributed by atoms with Crippen LogP contribution in [0.4, 0.5) is 0 Å². The summed E-state index contributed by atoms with van der Waals surface area (Å²) >= 11 is 0. The van der Waals surface area contributed by atoms with Gasteiger partial charge in [-0.3, -0.25) is 4.79 Å². The van der Waals surface area contributed by atoms with E-state index in [2.05, 4.69) is 5.32 Å². The van der Waals surface area contributed by atoms with Gasteiger partial charge in [0, 0.05) is 5.56 Å². The zero-order valence-electron chi connectivity index (χ0n) is 9.73. The number of hydrogen-bond acceptors (Lipinski definition) is 3. The van der Waals surface area contributed by atoms with E-state index in [-0.39, 0.29) is 6.54 Å². The number of aryl methyl sites for hydroxylation is 1. The maximum Gasteiger partial charge on any atom is 0.337 e. The Bertz CT molecular complexity index is 440. The first-order chi connectivity index (χ1) is 7.83. The summed E-state index contributed by atoms with van der Waals surface area (Å²) in [6.45, 7) is 2.64. The Labute approximate surface area is 99.1 Å². The Balaban J connectivity index is 2.65. The summed E-state index contributed by atoms with van der Waals surface area (Å²) < 4.78 is 0. The fourth-order valence-corrected chi connectivity index (χ4v) is 1.22. The van der Waals surface area contributed by atoms with Gasteiger partial charge in [-0.05, 0) is 26.0 Å². The summed E-state index contributed by atoms with van der Waals surface area (Å²) in [4.78, 5) is 22.3. The molecule has 5 nitrogen and oxygen atoms in total. The molecule has 0 aromatic heterocycles. The third kappa shape index (κ3) is 3.57. The Morgan fingerprint density at radius 3 is 2.59 bits per heavy atom. The van der Waals surface area contributed by atoms with Crippen LogP contribution in [-0.4, -0.2) is 34.2 Å². The third-order valence-electron chi connectivity index (χ3n) is 2.33. The summed E-state index contributed by atoms with van der Waals surface area (Å²) in [7, 11) is 0. The quantitative estimate of drug-likeness (QED) is 0.714. The lowest BCUT2D eigenvalue weighted by Crippen LogP contribution is -2.46. The summed E-state index contributed by atoms with van der Waals surface area (Å²) in [6.07, 6.45) is 0. The SMILES string of the molecule is Cc1cccc(C(=O)NCC(C)(O)C(=O)O)c1. The number of rotatable bonds is 4. The lowest BCUT2D eigenvalue weighted by Gasteiger charge is -2.18. The molecule has 5 heteroatoms. The van der Waals surface area contributed by atoms with Gasteiger partial charge in [0.15, 0.2) is 5.60 Å². The molecule has 1 amide bonds. The molecule has 0 bridgehead atoms. The van der Waals surface area contributed by atoms with Crippen molar-refractivity contribution in [1.29, 1.82) is 0 Å². The van der Waals surface area contributed by atoms with Gasteiger partial charge < -0.3 is 15.5 Å². The van der Waals surface area contributed by atoms with Crippen LogP contribution in [0.5, 0.6) is 0 Å². The van der Waals surface area contributed by atoms with Crippen LogP contribution in [0.2, 0.25) is 0 Å². The van der Waals surface area contributed by atoms with Crippen LogP contribution < -0.4 is 5.32 Å². The lowest BCUT2D eigenvalue weighted by atomic mass is 10.1. The molecular weight excluding hydrogens is 222 g/mol. The smallest absolute Gasteiger partial charge is 0.337 e. The van der Waals surface area contributed by atoms with Crippen LogP contribution in [0, 0.1) is 6.92 Å². The first kappa shape index (κ1) is 13.2. The maximum atomic E-state index is 11.7. The molecular formula is C12H15NO4. The van der Waals surface area contributed by atoms with E-state index in [0.717, 1.165) is 12.5 Å². The molecule has 92 valence electrons. The molecule has 1 aromatic rings. The summed E-state index contributed by atoms with van der Waals surface area (Å²) in [5, 5.41) is 20.5. The predicted octanol–water partition coefficient (Wildman–Crippen LogP) is 0.560. The second-order valence-electron chi connectivity index (χ2n) is 4.13. The number of nitrogens with one attached hydrogen (secondary N) is 1. The van der Waals surface area contributed by atoms with Crippen molar-refractivity contribution in [3.8, 4) is 0 Å². The zero-order chi connectivity index (χ0) is 13.1. The molecule has 1 aromatic carbocycles. The van der Waals surface area contributed by atoms with E-state index >= 15 is 0 Å². The highest BCUT2D eigenvalue weighted by Gasteiger charge is 2.30. The first-order valence-corrected chi connectivity index (χ1v) is 5.13. The molecule has 0 radical (unpaired) electrons. The first-order valence-electron chi connectivity index (χ1n) is 5.13. The minimum atomic E-state index is -1.96. The second-order valence-corrected chi connectivity index (χ2v) is 4.13. The van der Waals surface area contributed by atoms with Gasteiger partial charge in [0.05, 0.1) is 6.54 Å². The molecule has 0 saturated carbocycles. The average Bonchev–Trinajstić information content (AvgIpc) is 2.25. The van der Waals surface area contributed by atoms with Gasteiger partial charge in [-0.1, -0.05) is 17.7 Å². The molecule has 0 saturated heterocycles. The zero-order valence-corrected chi connectivity index (χ0v) is 9.73. The molecule has 0 aliphatic rings. The number of carboxylic acid groups (broad SMARTS) is 1. The van der Waals surface area contributed by atoms with E-state index in [4.69, 9.17) is 5.11 Å². The van der Waals surface area contributed by atoms with Crippen LogP contribution in [0.25, 0.3) is 0 Å². The van der Waals surface area contributed by atoms with Crippen LogP contribution >= 0.6 is 0 Å². The highest BCUT2D eigenvalue weighted by atomic mass is 16.4. The second kappa shape index (κ2) is 4.97. The number of amides is 1. The molecule has 1 atom stereocenters. The van der Waals surface area contributed by atoms with E-state index in [9.17, 15) is 14.7 Å². The fourth-order valence-electron chi connectivity index (χ4n) is 1.22. The van der Waals surface area contributed by atoms with Crippen molar-refractivity contribution >= 4 is 11.9 Å². The number of carboxylic acids is 1.